The van der Waals surface area contributed by atoms with Crippen LogP contribution in [0, 0.1) is 0 Å². The summed E-state index contributed by atoms with van der Waals surface area (Å²) in [4.78, 5) is 4.82. The molecule has 2 N–H and O–H groups in total. The monoisotopic (exact) mass is 295 g/mol. The van der Waals surface area contributed by atoms with Gasteiger partial charge < -0.3 is 15.5 Å². The molecule has 1 unspecified atom stereocenters. The summed E-state index contributed by atoms with van der Waals surface area (Å²) >= 11 is 6.14. The molecule has 112 valence electrons. The minimum absolute atomic E-state index is 0.159. The number of halogens is 1. The molecule has 1 fully saturated rings. The standard InChI is InChI=1S/C16H26ClN3/c1-12(18)10-13-11-14(17)4-5-16(13)20-8-6-15(7-9-20)19(2)3/h4-5,11-12,15H,6-10,18H2,1-3H3. The summed E-state index contributed by atoms with van der Waals surface area (Å²) in [5, 5.41) is 0.799. The lowest BCUT2D eigenvalue weighted by molar-refractivity contribution is 0.249. The van der Waals surface area contributed by atoms with Crippen molar-refractivity contribution in [1.82, 2.24) is 4.90 Å². The minimum Gasteiger partial charge on any atom is -0.371 e. The topological polar surface area (TPSA) is 32.5 Å². The van der Waals surface area contributed by atoms with E-state index in [1.807, 2.05) is 13.0 Å². The van der Waals surface area contributed by atoms with Crippen molar-refractivity contribution in [2.45, 2.75) is 38.3 Å². The van der Waals surface area contributed by atoms with Crippen molar-refractivity contribution in [3.05, 3.63) is 28.8 Å². The number of nitrogens with two attached hydrogens (primary N) is 1. The van der Waals surface area contributed by atoms with Crippen LogP contribution in [-0.2, 0) is 6.42 Å². The van der Waals surface area contributed by atoms with Crippen molar-refractivity contribution in [3.63, 3.8) is 0 Å². The number of hydrogen-bond acceptors (Lipinski definition) is 3. The van der Waals surface area contributed by atoms with Crippen LogP contribution in [0.5, 0.6) is 0 Å². The van der Waals surface area contributed by atoms with Crippen molar-refractivity contribution in [1.29, 1.82) is 0 Å². The third kappa shape index (κ3) is 3.87. The van der Waals surface area contributed by atoms with Gasteiger partial charge in [-0.3, -0.25) is 0 Å². The van der Waals surface area contributed by atoms with Crippen LogP contribution in [0.4, 0.5) is 5.69 Å². The first kappa shape index (κ1) is 15.6. The predicted octanol–water partition coefficient (Wildman–Crippen LogP) is 2.76. The molecule has 0 amide bonds. The molecule has 2 rings (SSSR count). The largest absolute Gasteiger partial charge is 0.371 e. The molecule has 0 saturated carbocycles. The first-order chi connectivity index (χ1) is 9.47. The molecule has 0 bridgehead atoms. The number of hydrogen-bond donors (Lipinski definition) is 1. The highest BCUT2D eigenvalue weighted by Gasteiger charge is 2.22. The van der Waals surface area contributed by atoms with Crippen molar-refractivity contribution in [3.8, 4) is 0 Å². The Labute approximate surface area is 127 Å². The van der Waals surface area contributed by atoms with Crippen molar-refractivity contribution < 1.29 is 0 Å². The summed E-state index contributed by atoms with van der Waals surface area (Å²) in [6, 6.07) is 7.07. The Morgan fingerprint density at radius 3 is 2.55 bits per heavy atom. The number of rotatable bonds is 4. The first-order valence-electron chi connectivity index (χ1n) is 7.42. The van der Waals surface area contributed by atoms with E-state index in [1.54, 1.807) is 0 Å². The Kier molecular flexibility index (Phi) is 5.30. The number of benzene rings is 1. The fourth-order valence-corrected chi connectivity index (χ4v) is 3.19. The molecule has 0 aromatic heterocycles. The normalized spacial score (nSPS) is 18.6. The second-order valence-electron chi connectivity index (χ2n) is 6.14. The zero-order valence-electron chi connectivity index (χ0n) is 12.8. The molecule has 1 aliphatic rings. The van der Waals surface area contributed by atoms with Crippen LogP contribution in [0.3, 0.4) is 0 Å². The second kappa shape index (κ2) is 6.79. The SMILES string of the molecule is CC(N)Cc1cc(Cl)ccc1N1CCC(N(C)C)CC1. The van der Waals surface area contributed by atoms with Gasteiger partial charge in [-0.15, -0.1) is 0 Å². The summed E-state index contributed by atoms with van der Waals surface area (Å²) in [5.41, 5.74) is 8.55. The molecular formula is C16H26ClN3. The molecule has 1 saturated heterocycles. The predicted molar refractivity (Wildman–Crippen MR) is 87.7 cm³/mol. The van der Waals surface area contributed by atoms with E-state index in [0.717, 1.165) is 24.5 Å². The number of nitrogens with zero attached hydrogens (tertiary/aromatic N) is 2. The smallest absolute Gasteiger partial charge is 0.0410 e. The van der Waals surface area contributed by atoms with E-state index in [2.05, 4.69) is 36.0 Å². The van der Waals surface area contributed by atoms with Crippen molar-refractivity contribution in [2.75, 3.05) is 32.1 Å². The molecular weight excluding hydrogens is 270 g/mol. The average molecular weight is 296 g/mol. The van der Waals surface area contributed by atoms with Crippen LogP contribution in [0.1, 0.15) is 25.3 Å². The molecule has 1 aromatic rings. The van der Waals surface area contributed by atoms with Gasteiger partial charge in [0.1, 0.15) is 0 Å². The Balaban J connectivity index is 2.13. The summed E-state index contributed by atoms with van der Waals surface area (Å²) < 4.78 is 0. The lowest BCUT2D eigenvalue weighted by Gasteiger charge is -2.37. The molecule has 1 atom stereocenters. The van der Waals surface area contributed by atoms with Gasteiger partial charge in [-0.2, -0.15) is 0 Å². The van der Waals surface area contributed by atoms with Gasteiger partial charge in [-0.1, -0.05) is 11.6 Å². The van der Waals surface area contributed by atoms with Gasteiger partial charge in [-0.05, 0) is 64.0 Å². The molecule has 1 aliphatic heterocycles. The third-order valence-electron chi connectivity index (χ3n) is 4.12. The highest BCUT2D eigenvalue weighted by molar-refractivity contribution is 6.30. The van der Waals surface area contributed by atoms with E-state index in [4.69, 9.17) is 17.3 Å². The maximum atomic E-state index is 6.14. The van der Waals surface area contributed by atoms with Crippen LogP contribution < -0.4 is 10.6 Å². The fourth-order valence-electron chi connectivity index (χ4n) is 3.00. The molecule has 0 aliphatic carbocycles. The quantitative estimate of drug-likeness (QED) is 0.927. The third-order valence-corrected chi connectivity index (χ3v) is 4.35. The lowest BCUT2D eigenvalue weighted by atomic mass is 10.00. The van der Waals surface area contributed by atoms with E-state index in [9.17, 15) is 0 Å². The zero-order valence-corrected chi connectivity index (χ0v) is 13.5. The maximum Gasteiger partial charge on any atom is 0.0410 e. The zero-order chi connectivity index (χ0) is 14.7. The van der Waals surface area contributed by atoms with Gasteiger partial charge in [0.05, 0.1) is 0 Å². The molecule has 0 spiro atoms. The molecule has 0 radical (unpaired) electrons. The Morgan fingerprint density at radius 1 is 1.35 bits per heavy atom. The summed E-state index contributed by atoms with van der Waals surface area (Å²) in [6.45, 7) is 4.26. The van der Waals surface area contributed by atoms with Crippen molar-refractivity contribution in [2.24, 2.45) is 5.73 Å². The number of piperidine rings is 1. The minimum atomic E-state index is 0.159. The molecule has 20 heavy (non-hydrogen) atoms. The van der Waals surface area contributed by atoms with E-state index in [0.29, 0.717) is 6.04 Å². The highest BCUT2D eigenvalue weighted by Crippen LogP contribution is 2.28. The van der Waals surface area contributed by atoms with E-state index >= 15 is 0 Å². The maximum absolute atomic E-state index is 6.14. The van der Waals surface area contributed by atoms with Gasteiger partial charge in [0.15, 0.2) is 0 Å². The van der Waals surface area contributed by atoms with Gasteiger partial charge >= 0.3 is 0 Å². The van der Waals surface area contributed by atoms with E-state index in [1.165, 1.54) is 24.1 Å². The van der Waals surface area contributed by atoms with Crippen molar-refractivity contribution >= 4 is 17.3 Å². The molecule has 1 aromatic carbocycles. The molecule has 3 nitrogen and oxygen atoms in total. The average Bonchev–Trinajstić information content (AvgIpc) is 2.38. The Morgan fingerprint density at radius 2 is 2.00 bits per heavy atom. The highest BCUT2D eigenvalue weighted by atomic mass is 35.5. The summed E-state index contributed by atoms with van der Waals surface area (Å²) in [6.07, 6.45) is 3.31. The Bertz CT molecular complexity index is 437. The van der Waals surface area contributed by atoms with Crippen LogP contribution in [0.2, 0.25) is 5.02 Å². The summed E-state index contributed by atoms with van der Waals surface area (Å²) in [7, 11) is 4.34. The molecule has 1 heterocycles. The molecule has 4 heteroatoms. The van der Waals surface area contributed by atoms with Gasteiger partial charge in [0.25, 0.3) is 0 Å². The van der Waals surface area contributed by atoms with Gasteiger partial charge in [0, 0.05) is 35.9 Å². The van der Waals surface area contributed by atoms with Crippen LogP contribution in [0.25, 0.3) is 0 Å². The summed E-state index contributed by atoms with van der Waals surface area (Å²) in [5.74, 6) is 0. The fraction of sp³-hybridized carbons (Fsp3) is 0.625. The Hall–Kier alpha value is -0.770. The van der Waals surface area contributed by atoms with Crippen LogP contribution >= 0.6 is 11.6 Å². The van der Waals surface area contributed by atoms with Gasteiger partial charge in [-0.25, -0.2) is 0 Å². The first-order valence-corrected chi connectivity index (χ1v) is 7.80. The number of anilines is 1. The van der Waals surface area contributed by atoms with E-state index < -0.39 is 0 Å². The second-order valence-corrected chi connectivity index (χ2v) is 6.57. The van der Waals surface area contributed by atoms with Gasteiger partial charge in [0.2, 0.25) is 0 Å². The van der Waals surface area contributed by atoms with Crippen LogP contribution in [0.15, 0.2) is 18.2 Å². The van der Waals surface area contributed by atoms with E-state index in [-0.39, 0.29) is 6.04 Å². The lowest BCUT2D eigenvalue weighted by Crippen LogP contribution is -2.42. The van der Waals surface area contributed by atoms with Crippen LogP contribution in [-0.4, -0.2) is 44.2 Å².